The van der Waals surface area contributed by atoms with E-state index in [4.69, 9.17) is 16.3 Å². The first kappa shape index (κ1) is 18.0. The van der Waals surface area contributed by atoms with Gasteiger partial charge in [-0.25, -0.2) is 0 Å². The van der Waals surface area contributed by atoms with Crippen LogP contribution >= 0.6 is 11.6 Å². The Kier molecular flexibility index (Phi) is 5.00. The molecule has 0 saturated heterocycles. The predicted octanol–water partition coefficient (Wildman–Crippen LogP) is 3.64. The average Bonchev–Trinajstić information content (AvgIpc) is 2.63. The lowest BCUT2D eigenvalue weighted by molar-refractivity contribution is -0.154. The standard InChI is InChI=1S/C20H19ClN2O3/c1-3-12-23(13-14-8-10-15(21)11-9-14)19(25)20(2)18(24)22-16-6-4-5-7-17(16)26-20/h3-11H,1,12-13H2,2H3,(H,22,24). The molecule has 0 saturated carbocycles. The van der Waals surface area contributed by atoms with Crippen molar-refractivity contribution >= 4 is 29.1 Å². The van der Waals surface area contributed by atoms with E-state index in [1.165, 1.54) is 11.8 Å². The Bertz CT molecular complexity index is 850. The molecule has 0 radical (unpaired) electrons. The van der Waals surface area contributed by atoms with E-state index in [0.717, 1.165) is 5.56 Å². The number of para-hydroxylation sites is 2. The molecule has 3 rings (SSSR count). The number of halogens is 1. The third-order valence-corrected chi connectivity index (χ3v) is 4.47. The van der Waals surface area contributed by atoms with Crippen LogP contribution in [-0.4, -0.2) is 28.9 Å². The quantitative estimate of drug-likeness (QED) is 0.645. The lowest BCUT2D eigenvalue weighted by Crippen LogP contribution is -2.59. The van der Waals surface area contributed by atoms with Crippen LogP contribution in [-0.2, 0) is 16.1 Å². The third kappa shape index (κ3) is 3.44. The lowest BCUT2D eigenvalue weighted by Gasteiger charge is -2.36. The highest BCUT2D eigenvalue weighted by Gasteiger charge is 2.49. The number of carbonyl (C=O) groups excluding carboxylic acids is 2. The molecule has 26 heavy (non-hydrogen) atoms. The van der Waals surface area contributed by atoms with E-state index in [1.54, 1.807) is 42.5 Å². The van der Waals surface area contributed by atoms with E-state index in [1.807, 2.05) is 12.1 Å². The molecule has 5 nitrogen and oxygen atoms in total. The molecule has 2 aromatic rings. The summed E-state index contributed by atoms with van der Waals surface area (Å²) in [5.41, 5.74) is -0.204. The maximum atomic E-state index is 13.2. The third-order valence-electron chi connectivity index (χ3n) is 4.21. The van der Waals surface area contributed by atoms with Crippen LogP contribution in [0.25, 0.3) is 0 Å². The van der Waals surface area contributed by atoms with Crippen molar-refractivity contribution in [3.05, 3.63) is 71.8 Å². The summed E-state index contributed by atoms with van der Waals surface area (Å²) < 4.78 is 5.82. The molecule has 0 aliphatic carbocycles. The summed E-state index contributed by atoms with van der Waals surface area (Å²) in [5.74, 6) is -0.460. The molecule has 1 aliphatic heterocycles. The highest BCUT2D eigenvalue weighted by Crippen LogP contribution is 2.34. The van der Waals surface area contributed by atoms with Crippen molar-refractivity contribution in [1.29, 1.82) is 0 Å². The molecule has 1 aliphatic rings. The van der Waals surface area contributed by atoms with Crippen molar-refractivity contribution in [3.63, 3.8) is 0 Å². The van der Waals surface area contributed by atoms with E-state index >= 15 is 0 Å². The van der Waals surface area contributed by atoms with E-state index in [9.17, 15) is 9.59 Å². The number of nitrogens with zero attached hydrogens (tertiary/aromatic N) is 1. The van der Waals surface area contributed by atoms with E-state index < -0.39 is 17.4 Å². The number of rotatable bonds is 5. The lowest BCUT2D eigenvalue weighted by atomic mass is 10.00. The second kappa shape index (κ2) is 7.22. The van der Waals surface area contributed by atoms with Gasteiger partial charge in [0.2, 0.25) is 0 Å². The summed E-state index contributed by atoms with van der Waals surface area (Å²) in [5, 5.41) is 3.36. The number of carbonyl (C=O) groups is 2. The Morgan fingerprint density at radius 3 is 2.65 bits per heavy atom. The molecule has 1 unspecified atom stereocenters. The van der Waals surface area contributed by atoms with Crippen LogP contribution in [0.4, 0.5) is 5.69 Å². The largest absolute Gasteiger partial charge is 0.466 e. The van der Waals surface area contributed by atoms with Crippen molar-refractivity contribution in [3.8, 4) is 5.75 Å². The summed E-state index contributed by atoms with van der Waals surface area (Å²) in [7, 11) is 0. The maximum Gasteiger partial charge on any atom is 0.278 e. The molecule has 0 aromatic heterocycles. The minimum absolute atomic E-state index is 0.287. The van der Waals surface area contributed by atoms with Crippen molar-refractivity contribution in [2.75, 3.05) is 11.9 Å². The Morgan fingerprint density at radius 1 is 1.27 bits per heavy atom. The number of nitrogens with one attached hydrogen (secondary N) is 1. The second-order valence-corrected chi connectivity index (χ2v) is 6.62. The highest BCUT2D eigenvalue weighted by atomic mass is 35.5. The topological polar surface area (TPSA) is 58.6 Å². The number of anilines is 1. The molecule has 0 fully saturated rings. The molecule has 134 valence electrons. The Hall–Kier alpha value is -2.79. The molecule has 1 heterocycles. The minimum atomic E-state index is -1.65. The first-order chi connectivity index (χ1) is 12.4. The maximum absolute atomic E-state index is 13.2. The molecule has 2 amide bonds. The number of hydrogen-bond donors (Lipinski definition) is 1. The zero-order valence-corrected chi connectivity index (χ0v) is 15.1. The van der Waals surface area contributed by atoms with Gasteiger partial charge in [0.15, 0.2) is 0 Å². The molecule has 0 spiro atoms. The van der Waals surface area contributed by atoms with E-state index in [-0.39, 0.29) is 6.54 Å². The molecular formula is C20H19ClN2O3. The first-order valence-electron chi connectivity index (χ1n) is 8.18. The fourth-order valence-electron chi connectivity index (χ4n) is 2.79. The van der Waals surface area contributed by atoms with Gasteiger partial charge >= 0.3 is 0 Å². The SMILES string of the molecule is C=CCN(Cc1ccc(Cl)cc1)C(=O)C1(C)Oc2ccccc2NC1=O. The van der Waals surface area contributed by atoms with Gasteiger partial charge in [0.05, 0.1) is 5.69 Å². The van der Waals surface area contributed by atoms with Crippen LogP contribution in [0.5, 0.6) is 5.75 Å². The highest BCUT2D eigenvalue weighted by molar-refractivity contribution is 6.30. The number of fused-ring (bicyclic) bond motifs is 1. The Balaban J connectivity index is 1.87. The summed E-state index contributed by atoms with van der Waals surface area (Å²) in [6.45, 7) is 5.79. The van der Waals surface area contributed by atoms with Crippen LogP contribution in [0.2, 0.25) is 5.02 Å². The van der Waals surface area contributed by atoms with Crippen LogP contribution in [0, 0.1) is 0 Å². The van der Waals surface area contributed by atoms with Gasteiger partial charge in [-0.15, -0.1) is 6.58 Å². The molecule has 6 heteroatoms. The van der Waals surface area contributed by atoms with Gasteiger partial charge in [0.1, 0.15) is 5.75 Å². The van der Waals surface area contributed by atoms with Crippen molar-refractivity contribution < 1.29 is 14.3 Å². The molecule has 1 atom stereocenters. The number of amides is 2. The average molecular weight is 371 g/mol. The van der Waals surface area contributed by atoms with E-state index in [2.05, 4.69) is 11.9 Å². The first-order valence-corrected chi connectivity index (χ1v) is 8.56. The van der Waals surface area contributed by atoms with Crippen LogP contribution in [0.3, 0.4) is 0 Å². The van der Waals surface area contributed by atoms with Crippen LogP contribution in [0.1, 0.15) is 12.5 Å². The van der Waals surface area contributed by atoms with E-state index in [0.29, 0.717) is 23.0 Å². The van der Waals surface area contributed by atoms with Crippen molar-refractivity contribution in [2.45, 2.75) is 19.1 Å². The zero-order valence-electron chi connectivity index (χ0n) is 14.4. The smallest absolute Gasteiger partial charge is 0.278 e. The van der Waals surface area contributed by atoms with Crippen LogP contribution in [0.15, 0.2) is 61.2 Å². The summed E-state index contributed by atoms with van der Waals surface area (Å²) >= 11 is 5.91. The fraction of sp³-hybridized carbons (Fsp3) is 0.200. The number of benzene rings is 2. The normalized spacial score (nSPS) is 18.3. The molecule has 0 bridgehead atoms. The predicted molar refractivity (Wildman–Crippen MR) is 101 cm³/mol. The second-order valence-electron chi connectivity index (χ2n) is 6.19. The van der Waals surface area contributed by atoms with Crippen LogP contribution < -0.4 is 10.1 Å². The van der Waals surface area contributed by atoms with Gasteiger partial charge < -0.3 is 15.0 Å². The zero-order chi connectivity index (χ0) is 18.7. The van der Waals surface area contributed by atoms with Gasteiger partial charge in [-0.3, -0.25) is 9.59 Å². The summed E-state index contributed by atoms with van der Waals surface area (Å²) in [4.78, 5) is 27.3. The van der Waals surface area contributed by atoms with Gasteiger partial charge in [-0.05, 0) is 36.8 Å². The number of hydrogen-bond acceptors (Lipinski definition) is 3. The Morgan fingerprint density at radius 2 is 1.96 bits per heavy atom. The van der Waals surface area contributed by atoms with Gasteiger partial charge in [-0.2, -0.15) is 0 Å². The summed E-state index contributed by atoms with van der Waals surface area (Å²) in [6.07, 6.45) is 1.62. The Labute approximate surface area is 157 Å². The van der Waals surface area contributed by atoms with Crippen molar-refractivity contribution in [1.82, 2.24) is 4.90 Å². The molecule has 1 N–H and O–H groups in total. The van der Waals surface area contributed by atoms with Gasteiger partial charge in [-0.1, -0.05) is 41.9 Å². The van der Waals surface area contributed by atoms with Crippen molar-refractivity contribution in [2.24, 2.45) is 0 Å². The van der Waals surface area contributed by atoms with Gasteiger partial charge in [0, 0.05) is 18.1 Å². The monoisotopic (exact) mass is 370 g/mol. The number of ether oxygens (including phenoxy) is 1. The van der Waals surface area contributed by atoms with Gasteiger partial charge in [0.25, 0.3) is 17.4 Å². The minimum Gasteiger partial charge on any atom is -0.466 e. The molecular weight excluding hydrogens is 352 g/mol. The summed E-state index contributed by atoms with van der Waals surface area (Å²) in [6, 6.07) is 14.2. The molecule has 2 aromatic carbocycles. The fourth-order valence-corrected chi connectivity index (χ4v) is 2.92.